The number of amides is 1. The van der Waals surface area contributed by atoms with Crippen LogP contribution in [0, 0.1) is 11.2 Å². The van der Waals surface area contributed by atoms with Crippen LogP contribution in [-0.2, 0) is 0 Å². The van der Waals surface area contributed by atoms with Gasteiger partial charge in [0.25, 0.3) is 5.91 Å². The van der Waals surface area contributed by atoms with Gasteiger partial charge < -0.3 is 5.32 Å². The number of halogens is 2. The van der Waals surface area contributed by atoms with E-state index in [2.05, 4.69) is 35.1 Å². The van der Waals surface area contributed by atoms with Crippen molar-refractivity contribution in [2.75, 3.05) is 0 Å². The third kappa shape index (κ3) is 3.10. The number of rotatable bonds is 2. The van der Waals surface area contributed by atoms with Gasteiger partial charge in [-0.25, -0.2) is 4.39 Å². The highest BCUT2D eigenvalue weighted by Crippen LogP contribution is 2.37. The van der Waals surface area contributed by atoms with Crippen LogP contribution in [0.3, 0.4) is 0 Å². The van der Waals surface area contributed by atoms with Crippen molar-refractivity contribution in [3.8, 4) is 0 Å². The molecule has 1 atom stereocenters. The monoisotopic (exact) mass is 313 g/mol. The average Bonchev–Trinajstić information content (AvgIpc) is 2.62. The molecule has 1 aliphatic carbocycles. The minimum absolute atomic E-state index is 0.191. The lowest BCUT2D eigenvalue weighted by Crippen LogP contribution is -2.33. The van der Waals surface area contributed by atoms with Crippen molar-refractivity contribution >= 4 is 21.8 Å². The molecular weight excluding hydrogens is 297 g/mol. The summed E-state index contributed by atoms with van der Waals surface area (Å²) in [6.45, 7) is 4.41. The largest absolute Gasteiger partial charge is 0.349 e. The molecule has 18 heavy (non-hydrogen) atoms. The van der Waals surface area contributed by atoms with Gasteiger partial charge in [-0.2, -0.15) is 0 Å². The van der Waals surface area contributed by atoms with E-state index in [1.165, 1.54) is 6.07 Å². The van der Waals surface area contributed by atoms with Crippen LogP contribution in [-0.4, -0.2) is 11.9 Å². The van der Waals surface area contributed by atoms with Gasteiger partial charge in [0, 0.05) is 11.6 Å². The van der Waals surface area contributed by atoms with E-state index >= 15 is 0 Å². The Bertz CT molecular complexity index is 473. The molecule has 1 aromatic carbocycles. The zero-order valence-corrected chi connectivity index (χ0v) is 12.2. The van der Waals surface area contributed by atoms with Gasteiger partial charge in [-0.1, -0.05) is 13.8 Å². The molecule has 1 aliphatic rings. The summed E-state index contributed by atoms with van der Waals surface area (Å²) >= 11 is 3.07. The summed E-state index contributed by atoms with van der Waals surface area (Å²) in [5.74, 6) is -0.599. The first-order chi connectivity index (χ1) is 8.37. The second-order valence-corrected chi connectivity index (χ2v) is 6.56. The Hall–Kier alpha value is -0.900. The molecule has 0 saturated heterocycles. The summed E-state index contributed by atoms with van der Waals surface area (Å²) in [5.41, 5.74) is 0.670. The van der Waals surface area contributed by atoms with Crippen molar-refractivity contribution in [1.29, 1.82) is 0 Å². The molecule has 1 N–H and O–H groups in total. The van der Waals surface area contributed by atoms with Gasteiger partial charge in [0.15, 0.2) is 0 Å². The Morgan fingerprint density at radius 2 is 2.22 bits per heavy atom. The van der Waals surface area contributed by atoms with Crippen LogP contribution in [0.15, 0.2) is 22.7 Å². The van der Waals surface area contributed by atoms with Gasteiger partial charge >= 0.3 is 0 Å². The van der Waals surface area contributed by atoms with Crippen LogP contribution in [0.1, 0.15) is 43.5 Å². The maximum absolute atomic E-state index is 13.3. The fourth-order valence-corrected chi connectivity index (χ4v) is 2.71. The summed E-state index contributed by atoms with van der Waals surface area (Å²) in [5, 5.41) is 2.98. The Kier molecular flexibility index (Phi) is 3.76. The molecule has 0 heterocycles. The number of benzene rings is 1. The SMILES string of the molecule is CC1(C)CCC(NC(=O)c2ccc(Br)c(F)c2)C1. The van der Waals surface area contributed by atoms with Crippen molar-refractivity contribution in [2.24, 2.45) is 5.41 Å². The first-order valence-electron chi connectivity index (χ1n) is 6.13. The van der Waals surface area contributed by atoms with Gasteiger partial charge in [0.1, 0.15) is 5.82 Å². The number of hydrogen-bond donors (Lipinski definition) is 1. The predicted molar refractivity (Wildman–Crippen MR) is 73.0 cm³/mol. The maximum atomic E-state index is 13.3. The molecule has 0 radical (unpaired) electrons. The van der Waals surface area contributed by atoms with Crippen LogP contribution >= 0.6 is 15.9 Å². The zero-order chi connectivity index (χ0) is 13.3. The van der Waals surface area contributed by atoms with Gasteiger partial charge in [0.2, 0.25) is 0 Å². The van der Waals surface area contributed by atoms with Crippen LogP contribution in [0.25, 0.3) is 0 Å². The second-order valence-electron chi connectivity index (χ2n) is 5.71. The molecule has 4 heteroatoms. The number of carbonyl (C=O) groups is 1. The first-order valence-corrected chi connectivity index (χ1v) is 6.93. The summed E-state index contributed by atoms with van der Waals surface area (Å²) in [7, 11) is 0. The van der Waals surface area contributed by atoms with Gasteiger partial charge in [-0.15, -0.1) is 0 Å². The lowest BCUT2D eigenvalue weighted by Gasteiger charge is -2.17. The van der Waals surface area contributed by atoms with E-state index in [0.717, 1.165) is 19.3 Å². The topological polar surface area (TPSA) is 29.1 Å². The van der Waals surface area contributed by atoms with E-state index < -0.39 is 5.82 Å². The van der Waals surface area contributed by atoms with Crippen LogP contribution in [0.2, 0.25) is 0 Å². The molecule has 1 saturated carbocycles. The third-order valence-corrected chi connectivity index (χ3v) is 4.13. The lowest BCUT2D eigenvalue weighted by molar-refractivity contribution is 0.0935. The molecule has 1 fully saturated rings. The number of carbonyl (C=O) groups excluding carboxylic acids is 1. The van der Waals surface area contributed by atoms with Crippen LogP contribution in [0.4, 0.5) is 4.39 Å². The normalized spacial score (nSPS) is 21.9. The molecule has 1 unspecified atom stereocenters. The quantitative estimate of drug-likeness (QED) is 0.881. The highest BCUT2D eigenvalue weighted by molar-refractivity contribution is 9.10. The average molecular weight is 314 g/mol. The highest BCUT2D eigenvalue weighted by atomic mass is 79.9. The van der Waals surface area contributed by atoms with Crippen molar-refractivity contribution in [2.45, 2.75) is 39.2 Å². The zero-order valence-electron chi connectivity index (χ0n) is 10.6. The molecule has 2 nitrogen and oxygen atoms in total. The molecule has 0 bridgehead atoms. The van der Waals surface area contributed by atoms with Gasteiger partial charge in [-0.3, -0.25) is 4.79 Å². The minimum atomic E-state index is -0.408. The van der Waals surface area contributed by atoms with E-state index in [1.807, 2.05) is 0 Å². The smallest absolute Gasteiger partial charge is 0.251 e. The van der Waals surface area contributed by atoms with Gasteiger partial charge in [-0.05, 0) is 58.8 Å². The van der Waals surface area contributed by atoms with E-state index in [4.69, 9.17) is 0 Å². The summed E-state index contributed by atoms with van der Waals surface area (Å²) in [6.07, 6.45) is 3.10. The Morgan fingerprint density at radius 3 is 2.78 bits per heavy atom. The van der Waals surface area contributed by atoms with Crippen molar-refractivity contribution < 1.29 is 9.18 Å². The molecule has 2 rings (SSSR count). The molecule has 98 valence electrons. The summed E-state index contributed by atoms with van der Waals surface area (Å²) in [6, 6.07) is 4.66. The van der Waals surface area contributed by atoms with E-state index in [0.29, 0.717) is 15.5 Å². The fourth-order valence-electron chi connectivity index (χ4n) is 2.47. The minimum Gasteiger partial charge on any atom is -0.349 e. The second kappa shape index (κ2) is 5.00. The third-order valence-electron chi connectivity index (χ3n) is 3.49. The number of nitrogens with one attached hydrogen (secondary N) is 1. The van der Waals surface area contributed by atoms with Crippen molar-refractivity contribution in [1.82, 2.24) is 5.32 Å². The lowest BCUT2D eigenvalue weighted by atomic mass is 9.92. The molecule has 1 amide bonds. The van der Waals surface area contributed by atoms with E-state index in [9.17, 15) is 9.18 Å². The fraction of sp³-hybridized carbons (Fsp3) is 0.500. The van der Waals surface area contributed by atoms with Gasteiger partial charge in [0.05, 0.1) is 4.47 Å². The molecule has 1 aromatic rings. The Balaban J connectivity index is 2.02. The predicted octanol–water partition coefficient (Wildman–Crippen LogP) is 3.90. The first kappa shape index (κ1) is 13.5. The summed E-state index contributed by atoms with van der Waals surface area (Å²) < 4.78 is 13.7. The molecular formula is C14H17BrFNO. The van der Waals surface area contributed by atoms with Crippen molar-refractivity contribution in [3.63, 3.8) is 0 Å². The summed E-state index contributed by atoms with van der Waals surface area (Å²) in [4.78, 5) is 12.0. The molecule has 0 aliphatic heterocycles. The van der Waals surface area contributed by atoms with Crippen LogP contribution in [0.5, 0.6) is 0 Å². The highest BCUT2D eigenvalue weighted by Gasteiger charge is 2.31. The maximum Gasteiger partial charge on any atom is 0.251 e. The Labute approximate surface area is 115 Å². The van der Waals surface area contributed by atoms with Crippen molar-refractivity contribution in [3.05, 3.63) is 34.1 Å². The van der Waals surface area contributed by atoms with E-state index in [1.54, 1.807) is 12.1 Å². The van der Waals surface area contributed by atoms with Crippen LogP contribution < -0.4 is 5.32 Å². The molecule has 0 aromatic heterocycles. The Morgan fingerprint density at radius 1 is 1.50 bits per heavy atom. The van der Waals surface area contributed by atoms with E-state index in [-0.39, 0.29) is 11.9 Å². The number of hydrogen-bond acceptors (Lipinski definition) is 1. The standard InChI is InChI=1S/C14H17BrFNO/c1-14(2)6-5-10(8-14)17-13(18)9-3-4-11(15)12(16)7-9/h3-4,7,10H,5-6,8H2,1-2H3,(H,17,18). The molecule has 0 spiro atoms.